The summed E-state index contributed by atoms with van der Waals surface area (Å²) in [6, 6.07) is 13.2. The summed E-state index contributed by atoms with van der Waals surface area (Å²) >= 11 is 12.0. The van der Waals surface area contributed by atoms with Crippen LogP contribution in [0.3, 0.4) is 0 Å². The number of nitrogens with one attached hydrogen (secondary N) is 1. The average molecular weight is 456 g/mol. The monoisotopic (exact) mass is 455 g/mol. The van der Waals surface area contributed by atoms with Gasteiger partial charge in [0.25, 0.3) is 0 Å². The summed E-state index contributed by atoms with van der Waals surface area (Å²) < 4.78 is 2.12. The number of amides is 1. The van der Waals surface area contributed by atoms with Gasteiger partial charge in [-0.05, 0) is 42.7 Å². The lowest BCUT2D eigenvalue weighted by Crippen LogP contribution is -2.22. The second-order valence-corrected chi connectivity index (χ2v) is 8.39. The van der Waals surface area contributed by atoms with Crippen molar-refractivity contribution >= 4 is 56.9 Å². The van der Waals surface area contributed by atoms with Gasteiger partial charge in [0.05, 0.1) is 17.4 Å². The Labute approximate surface area is 190 Å². The number of benzene rings is 2. The van der Waals surface area contributed by atoms with Crippen LogP contribution in [0.2, 0.25) is 10.0 Å². The molecule has 0 aliphatic rings. The third kappa shape index (κ3) is 5.09. The Kier molecular flexibility index (Phi) is 6.59. The highest BCUT2D eigenvalue weighted by atomic mass is 35.5. The minimum Gasteiger partial charge on any atom is -0.382 e. The molecule has 3 N–H and O–H groups in total. The van der Waals surface area contributed by atoms with Crippen LogP contribution in [-0.4, -0.2) is 20.4 Å². The van der Waals surface area contributed by atoms with Crippen molar-refractivity contribution in [1.29, 1.82) is 0 Å². The second-order valence-electron chi connectivity index (χ2n) is 7.51. The van der Waals surface area contributed by atoms with E-state index in [9.17, 15) is 4.79 Å². The molecule has 0 unspecified atom stereocenters. The summed E-state index contributed by atoms with van der Waals surface area (Å²) in [4.78, 5) is 21.0. The zero-order chi connectivity index (χ0) is 21.8. The van der Waals surface area contributed by atoms with Crippen LogP contribution in [0.25, 0.3) is 21.9 Å². The van der Waals surface area contributed by atoms with Gasteiger partial charge >= 0.3 is 0 Å². The van der Waals surface area contributed by atoms with Crippen LogP contribution in [0.1, 0.15) is 31.2 Å². The van der Waals surface area contributed by atoms with Crippen molar-refractivity contribution < 1.29 is 4.79 Å². The van der Waals surface area contributed by atoms with Crippen LogP contribution < -0.4 is 11.1 Å². The van der Waals surface area contributed by atoms with Crippen LogP contribution in [0.15, 0.2) is 48.8 Å². The second kappa shape index (κ2) is 9.54. The van der Waals surface area contributed by atoms with E-state index >= 15 is 0 Å². The van der Waals surface area contributed by atoms with Crippen molar-refractivity contribution in [3.05, 3.63) is 64.4 Å². The highest BCUT2D eigenvalue weighted by molar-refractivity contribution is 6.34. The molecule has 0 aliphatic carbocycles. The number of halogens is 2. The highest BCUT2D eigenvalue weighted by Gasteiger charge is 2.12. The Bertz CT molecular complexity index is 1220. The molecule has 0 saturated carbocycles. The summed E-state index contributed by atoms with van der Waals surface area (Å²) in [5.41, 5.74) is 9.59. The standard InChI is InChI=1S/C23H23Cl2N5O/c24-16-10-15(11-17(25)12-16)13-27-20(31)8-2-1-5-9-30-14-28-21-22(30)18-6-3-4-7-19(18)29-23(21)26/h3-4,6-7,10-12,14H,1-2,5,8-9,13H2,(H2,26,29)(H,27,31). The van der Waals surface area contributed by atoms with E-state index in [1.165, 1.54) is 0 Å². The molecule has 2 aromatic carbocycles. The van der Waals surface area contributed by atoms with E-state index in [4.69, 9.17) is 28.9 Å². The van der Waals surface area contributed by atoms with E-state index in [-0.39, 0.29) is 5.91 Å². The molecule has 0 bridgehead atoms. The zero-order valence-electron chi connectivity index (χ0n) is 16.9. The van der Waals surface area contributed by atoms with Crippen LogP contribution in [0.4, 0.5) is 5.82 Å². The van der Waals surface area contributed by atoms with Crippen LogP contribution in [0.5, 0.6) is 0 Å². The topological polar surface area (TPSA) is 85.8 Å². The Balaban J connectivity index is 1.27. The fourth-order valence-corrected chi connectivity index (χ4v) is 4.29. The quantitative estimate of drug-likeness (QED) is 0.350. The first-order chi connectivity index (χ1) is 15.0. The predicted octanol–water partition coefficient (Wildman–Crippen LogP) is 5.35. The van der Waals surface area contributed by atoms with Gasteiger partial charge in [0, 0.05) is 34.9 Å². The third-order valence-corrected chi connectivity index (χ3v) is 5.63. The Morgan fingerprint density at radius 1 is 1.06 bits per heavy atom. The first kappa shape index (κ1) is 21.4. The van der Waals surface area contributed by atoms with Crippen LogP contribution in [-0.2, 0) is 17.9 Å². The maximum Gasteiger partial charge on any atom is 0.220 e. The normalized spacial score (nSPS) is 11.3. The van der Waals surface area contributed by atoms with Crippen molar-refractivity contribution in [3.63, 3.8) is 0 Å². The first-order valence-electron chi connectivity index (χ1n) is 10.2. The smallest absolute Gasteiger partial charge is 0.220 e. The molecule has 2 aromatic heterocycles. The van der Waals surface area contributed by atoms with Gasteiger partial charge in [-0.15, -0.1) is 0 Å². The number of nitrogens with zero attached hydrogens (tertiary/aromatic N) is 3. The number of carbonyl (C=O) groups is 1. The molecule has 31 heavy (non-hydrogen) atoms. The number of nitrogens with two attached hydrogens (primary N) is 1. The Morgan fingerprint density at radius 2 is 1.84 bits per heavy atom. The number of rotatable bonds is 8. The lowest BCUT2D eigenvalue weighted by Gasteiger charge is -2.08. The fraction of sp³-hybridized carbons (Fsp3) is 0.261. The molecule has 0 saturated heterocycles. The maximum atomic E-state index is 12.1. The number of hydrogen-bond donors (Lipinski definition) is 2. The molecule has 4 aromatic rings. The molecule has 160 valence electrons. The summed E-state index contributed by atoms with van der Waals surface area (Å²) in [6.07, 6.45) is 5.00. The first-order valence-corrected chi connectivity index (χ1v) is 11.0. The van der Waals surface area contributed by atoms with E-state index in [2.05, 4.69) is 19.9 Å². The number of para-hydroxylation sites is 1. The fourth-order valence-electron chi connectivity index (χ4n) is 3.72. The molecule has 8 heteroatoms. The average Bonchev–Trinajstić information content (AvgIpc) is 3.16. The van der Waals surface area contributed by atoms with Gasteiger partial charge in [-0.25, -0.2) is 9.97 Å². The van der Waals surface area contributed by atoms with Gasteiger partial charge in [-0.2, -0.15) is 0 Å². The number of unbranched alkanes of at least 4 members (excludes halogenated alkanes) is 2. The number of imidazole rings is 1. The number of anilines is 1. The minimum atomic E-state index is 0.0222. The predicted molar refractivity (Wildman–Crippen MR) is 126 cm³/mol. The molecule has 0 fully saturated rings. The number of fused-ring (bicyclic) bond motifs is 3. The zero-order valence-corrected chi connectivity index (χ0v) is 18.5. The van der Waals surface area contributed by atoms with Crippen molar-refractivity contribution in [2.45, 2.75) is 38.8 Å². The number of carbonyl (C=O) groups excluding carboxylic acids is 1. The van der Waals surface area contributed by atoms with Crippen LogP contribution in [0, 0.1) is 0 Å². The largest absolute Gasteiger partial charge is 0.382 e. The molecular weight excluding hydrogens is 433 g/mol. The molecular formula is C23H23Cl2N5O. The molecule has 4 rings (SSSR count). The highest BCUT2D eigenvalue weighted by Crippen LogP contribution is 2.27. The maximum absolute atomic E-state index is 12.1. The van der Waals surface area contributed by atoms with E-state index in [0.29, 0.717) is 28.8 Å². The SMILES string of the molecule is Nc1nc2ccccc2c2c1ncn2CCCCCC(=O)NCc1cc(Cl)cc(Cl)c1. The van der Waals surface area contributed by atoms with Gasteiger partial charge in [-0.1, -0.05) is 47.8 Å². The molecule has 2 heterocycles. The Morgan fingerprint density at radius 3 is 2.65 bits per heavy atom. The third-order valence-electron chi connectivity index (χ3n) is 5.20. The number of nitrogen functional groups attached to an aromatic ring is 1. The summed E-state index contributed by atoms with van der Waals surface area (Å²) in [6.45, 7) is 1.23. The molecule has 0 atom stereocenters. The lowest BCUT2D eigenvalue weighted by atomic mass is 10.1. The van der Waals surface area contributed by atoms with Gasteiger partial charge in [-0.3, -0.25) is 4.79 Å². The number of hydrogen-bond acceptors (Lipinski definition) is 4. The number of pyridine rings is 1. The summed E-state index contributed by atoms with van der Waals surface area (Å²) in [5.74, 6) is 0.471. The molecule has 1 amide bonds. The van der Waals surface area contributed by atoms with Gasteiger partial charge < -0.3 is 15.6 Å². The minimum absolute atomic E-state index is 0.0222. The molecule has 0 radical (unpaired) electrons. The van der Waals surface area contributed by atoms with Crippen molar-refractivity contribution in [2.75, 3.05) is 5.73 Å². The molecule has 6 nitrogen and oxygen atoms in total. The van der Waals surface area contributed by atoms with Gasteiger partial charge in [0.15, 0.2) is 5.82 Å². The lowest BCUT2D eigenvalue weighted by molar-refractivity contribution is -0.121. The number of aromatic nitrogens is 3. The summed E-state index contributed by atoms with van der Waals surface area (Å²) in [5, 5.41) is 5.09. The number of aryl methyl sites for hydroxylation is 1. The van der Waals surface area contributed by atoms with Crippen molar-refractivity contribution in [3.8, 4) is 0 Å². The van der Waals surface area contributed by atoms with Gasteiger partial charge in [0.1, 0.15) is 5.52 Å². The molecule has 0 aliphatic heterocycles. The van der Waals surface area contributed by atoms with Gasteiger partial charge in [0.2, 0.25) is 5.91 Å². The van der Waals surface area contributed by atoms with Crippen molar-refractivity contribution in [1.82, 2.24) is 19.9 Å². The van der Waals surface area contributed by atoms with E-state index < -0.39 is 0 Å². The van der Waals surface area contributed by atoms with E-state index in [0.717, 1.165) is 53.3 Å². The van der Waals surface area contributed by atoms with Crippen molar-refractivity contribution in [2.24, 2.45) is 0 Å². The molecule has 0 spiro atoms. The summed E-state index contributed by atoms with van der Waals surface area (Å²) in [7, 11) is 0. The van der Waals surface area contributed by atoms with Crippen LogP contribution >= 0.6 is 23.2 Å². The Hall–Kier alpha value is -2.83. The van der Waals surface area contributed by atoms with E-state index in [1.807, 2.05) is 30.6 Å². The van der Waals surface area contributed by atoms with E-state index in [1.54, 1.807) is 18.2 Å².